The van der Waals surface area contributed by atoms with E-state index >= 15 is 0 Å². The number of nitrogens with one attached hydrogen (secondary N) is 1. The minimum atomic E-state index is -3.67. The van der Waals surface area contributed by atoms with E-state index in [1.54, 1.807) is 11.0 Å². The third kappa shape index (κ3) is 4.93. The number of hydrogen-bond donors (Lipinski definition) is 2. The number of carbonyl (C=O) groups excluding carboxylic acids is 1. The first-order valence-electron chi connectivity index (χ1n) is 11.8. The Kier molecular flexibility index (Phi) is 6.68. The topological polar surface area (TPSA) is 149 Å². The standard InChI is InChI=1S/C25H26N8O3S/c1-2-21(34)32-12-4-5-19(15-32)33-25-22(24(26)28-16-29-25)23(31-33)18-9-7-17(8-10-18)13-30-37(35,36)20-6-3-11-27-14-20/h2-3,6-11,14,16,19,30H,1,4-5,12-13,15H2,(H2,26,28,29). The molecular weight excluding hydrogens is 492 g/mol. The van der Waals surface area contributed by atoms with Crippen LogP contribution in [0.25, 0.3) is 22.3 Å². The van der Waals surface area contributed by atoms with Gasteiger partial charge in [0.15, 0.2) is 5.65 Å². The number of anilines is 1. The van der Waals surface area contributed by atoms with Crippen molar-refractivity contribution in [2.24, 2.45) is 0 Å². The van der Waals surface area contributed by atoms with Crippen molar-refractivity contribution in [3.63, 3.8) is 0 Å². The molecule has 11 nitrogen and oxygen atoms in total. The highest BCUT2D eigenvalue weighted by Crippen LogP contribution is 2.33. The first-order valence-corrected chi connectivity index (χ1v) is 13.2. The van der Waals surface area contributed by atoms with E-state index in [4.69, 9.17) is 10.8 Å². The van der Waals surface area contributed by atoms with Gasteiger partial charge in [0.25, 0.3) is 0 Å². The Morgan fingerprint density at radius 3 is 2.76 bits per heavy atom. The number of fused-ring (bicyclic) bond motifs is 1. The number of piperidine rings is 1. The van der Waals surface area contributed by atoms with Gasteiger partial charge in [-0.1, -0.05) is 30.8 Å². The van der Waals surface area contributed by atoms with Gasteiger partial charge < -0.3 is 10.6 Å². The lowest BCUT2D eigenvalue weighted by Gasteiger charge is -2.32. The first-order chi connectivity index (χ1) is 17.9. The number of carbonyl (C=O) groups is 1. The van der Waals surface area contributed by atoms with Crippen molar-refractivity contribution in [2.75, 3.05) is 18.8 Å². The number of likely N-dealkylation sites (tertiary alicyclic amines) is 1. The molecule has 0 saturated carbocycles. The maximum absolute atomic E-state index is 12.5. The fraction of sp³-hybridized carbons (Fsp3) is 0.240. The molecule has 1 unspecified atom stereocenters. The summed E-state index contributed by atoms with van der Waals surface area (Å²) in [4.78, 5) is 26.6. The predicted molar refractivity (Wildman–Crippen MR) is 138 cm³/mol. The van der Waals surface area contributed by atoms with E-state index in [-0.39, 0.29) is 23.4 Å². The van der Waals surface area contributed by atoms with Gasteiger partial charge in [-0.2, -0.15) is 5.10 Å². The van der Waals surface area contributed by atoms with Crippen LogP contribution < -0.4 is 10.5 Å². The zero-order valence-corrected chi connectivity index (χ0v) is 20.8. The van der Waals surface area contributed by atoms with Gasteiger partial charge in [-0.15, -0.1) is 0 Å². The van der Waals surface area contributed by atoms with Gasteiger partial charge in [0.05, 0.1) is 11.4 Å². The molecule has 4 aromatic rings. The van der Waals surface area contributed by atoms with Gasteiger partial charge in [0.2, 0.25) is 15.9 Å². The number of nitrogens with two attached hydrogens (primary N) is 1. The molecule has 0 bridgehead atoms. The average molecular weight is 519 g/mol. The van der Waals surface area contributed by atoms with Crippen LogP contribution in [0.2, 0.25) is 0 Å². The summed E-state index contributed by atoms with van der Waals surface area (Å²) in [5.74, 6) is 0.208. The second-order valence-corrected chi connectivity index (χ2v) is 10.5. The fourth-order valence-corrected chi connectivity index (χ4v) is 5.46. The molecule has 1 aliphatic heterocycles. The van der Waals surface area contributed by atoms with Crippen molar-refractivity contribution in [1.82, 2.24) is 34.4 Å². The van der Waals surface area contributed by atoms with Gasteiger partial charge in [-0.05, 0) is 36.6 Å². The number of pyridine rings is 1. The van der Waals surface area contributed by atoms with Crippen LogP contribution in [0.3, 0.4) is 0 Å². The zero-order valence-electron chi connectivity index (χ0n) is 20.0. The molecule has 0 aliphatic carbocycles. The Labute approximate surface area is 214 Å². The summed E-state index contributed by atoms with van der Waals surface area (Å²) >= 11 is 0. The molecule has 1 amide bonds. The SMILES string of the molecule is C=CC(=O)N1CCCC(n2nc(-c3ccc(CNS(=O)(=O)c4cccnc4)cc3)c3c(N)ncnc32)C1. The lowest BCUT2D eigenvalue weighted by atomic mass is 10.1. The van der Waals surface area contributed by atoms with E-state index in [0.29, 0.717) is 35.6 Å². The summed E-state index contributed by atoms with van der Waals surface area (Å²) in [6, 6.07) is 10.4. The second kappa shape index (κ2) is 10.1. The van der Waals surface area contributed by atoms with Crippen molar-refractivity contribution in [2.45, 2.75) is 30.3 Å². The number of amides is 1. The molecular formula is C25H26N8O3S. The number of nitrogen functional groups attached to an aromatic ring is 1. The molecule has 37 heavy (non-hydrogen) atoms. The number of aromatic nitrogens is 5. The Hall–Kier alpha value is -4.16. The summed E-state index contributed by atoms with van der Waals surface area (Å²) in [7, 11) is -3.67. The number of rotatable bonds is 7. The molecule has 1 aromatic carbocycles. The molecule has 0 radical (unpaired) electrons. The van der Waals surface area contributed by atoms with Crippen molar-refractivity contribution in [1.29, 1.82) is 0 Å². The quantitative estimate of drug-likeness (QED) is 0.354. The number of benzene rings is 1. The Morgan fingerprint density at radius 1 is 1.22 bits per heavy atom. The highest BCUT2D eigenvalue weighted by molar-refractivity contribution is 7.89. The van der Waals surface area contributed by atoms with Crippen molar-refractivity contribution >= 4 is 32.8 Å². The molecule has 3 aromatic heterocycles. The van der Waals surface area contributed by atoms with Gasteiger partial charge in [0.1, 0.15) is 22.7 Å². The monoisotopic (exact) mass is 518 g/mol. The summed E-state index contributed by atoms with van der Waals surface area (Å²) in [5.41, 5.74) is 9.05. The third-order valence-electron chi connectivity index (χ3n) is 6.39. The fourth-order valence-electron chi connectivity index (χ4n) is 4.48. The molecule has 0 spiro atoms. The Morgan fingerprint density at radius 2 is 2.03 bits per heavy atom. The van der Waals surface area contributed by atoms with Crippen molar-refractivity contribution < 1.29 is 13.2 Å². The molecule has 3 N–H and O–H groups in total. The Balaban J connectivity index is 1.42. The van der Waals surface area contributed by atoms with Crippen molar-refractivity contribution in [3.05, 3.63) is 73.3 Å². The number of hydrogen-bond acceptors (Lipinski definition) is 8. The van der Waals surface area contributed by atoms with Crippen LogP contribution in [0.4, 0.5) is 5.82 Å². The molecule has 12 heteroatoms. The molecule has 1 saturated heterocycles. The van der Waals surface area contributed by atoms with E-state index in [1.165, 1.54) is 30.9 Å². The van der Waals surface area contributed by atoms with Crippen LogP contribution in [-0.2, 0) is 21.4 Å². The first kappa shape index (κ1) is 24.5. The van der Waals surface area contributed by atoms with Crippen LogP contribution in [0.1, 0.15) is 24.4 Å². The van der Waals surface area contributed by atoms with Crippen LogP contribution in [-0.4, -0.2) is 57.0 Å². The van der Waals surface area contributed by atoms with E-state index in [2.05, 4.69) is 26.3 Å². The van der Waals surface area contributed by atoms with Crippen molar-refractivity contribution in [3.8, 4) is 11.3 Å². The van der Waals surface area contributed by atoms with E-state index in [0.717, 1.165) is 24.0 Å². The van der Waals surface area contributed by atoms with Crippen LogP contribution in [0.15, 0.2) is 72.7 Å². The largest absolute Gasteiger partial charge is 0.383 e. The molecule has 1 aliphatic rings. The molecule has 1 fully saturated rings. The summed E-state index contributed by atoms with van der Waals surface area (Å²) in [5, 5.41) is 5.51. The highest BCUT2D eigenvalue weighted by Gasteiger charge is 2.28. The van der Waals surface area contributed by atoms with Crippen LogP contribution in [0.5, 0.6) is 0 Å². The molecule has 4 heterocycles. The maximum atomic E-state index is 12.5. The smallest absolute Gasteiger partial charge is 0.246 e. The van der Waals surface area contributed by atoms with Crippen LogP contribution >= 0.6 is 0 Å². The summed E-state index contributed by atoms with van der Waals surface area (Å²) in [6.45, 7) is 4.89. The predicted octanol–water partition coefficient (Wildman–Crippen LogP) is 2.30. The molecule has 5 rings (SSSR count). The minimum absolute atomic E-state index is 0.0654. The summed E-state index contributed by atoms with van der Waals surface area (Å²) < 4.78 is 29.4. The molecule has 190 valence electrons. The number of nitrogens with zero attached hydrogens (tertiary/aromatic N) is 6. The normalized spacial score (nSPS) is 16.1. The van der Waals surface area contributed by atoms with E-state index in [1.807, 2.05) is 28.9 Å². The van der Waals surface area contributed by atoms with Gasteiger partial charge in [-0.3, -0.25) is 9.78 Å². The van der Waals surface area contributed by atoms with Gasteiger partial charge in [0, 0.05) is 37.6 Å². The van der Waals surface area contributed by atoms with Gasteiger partial charge >= 0.3 is 0 Å². The van der Waals surface area contributed by atoms with Gasteiger partial charge in [-0.25, -0.2) is 27.8 Å². The number of sulfonamides is 1. The molecule has 1 atom stereocenters. The lowest BCUT2D eigenvalue weighted by Crippen LogP contribution is -2.40. The van der Waals surface area contributed by atoms with E-state index in [9.17, 15) is 13.2 Å². The second-order valence-electron chi connectivity index (χ2n) is 8.75. The average Bonchev–Trinajstić information content (AvgIpc) is 3.33. The Bertz CT molecular complexity index is 1550. The minimum Gasteiger partial charge on any atom is -0.383 e. The third-order valence-corrected chi connectivity index (χ3v) is 7.77. The maximum Gasteiger partial charge on any atom is 0.246 e. The summed E-state index contributed by atoms with van der Waals surface area (Å²) in [6.07, 6.45) is 7.24. The lowest BCUT2D eigenvalue weighted by molar-refractivity contribution is -0.127. The van der Waals surface area contributed by atoms with Crippen LogP contribution in [0, 0.1) is 0 Å². The zero-order chi connectivity index (χ0) is 26.0. The highest BCUT2D eigenvalue weighted by atomic mass is 32.2. The van der Waals surface area contributed by atoms with E-state index < -0.39 is 10.0 Å².